The molecule has 1 saturated carbocycles. The standard InChI is InChI=1S/C31H38ClN3O3S/c1-6-7-12-21(2)35(30(36)31(5)17-10-11-18-31)20-25-16-15-24(19-27(25)32)26-13-8-9-14-28(26)39(37)34-29-22(3)23(4)38-33-29/h8-9,13-16,19H,2,6-7,10-12,17-18,20H2,1,3-5H3,(H,33,34). The first kappa shape index (κ1) is 29.1. The van der Waals surface area contributed by atoms with E-state index < -0.39 is 11.0 Å². The first-order valence-corrected chi connectivity index (χ1v) is 15.2. The van der Waals surface area contributed by atoms with Crippen LogP contribution < -0.4 is 4.72 Å². The molecule has 1 aliphatic rings. The second-order valence-electron chi connectivity index (χ2n) is 10.7. The molecule has 1 fully saturated rings. The lowest BCUT2D eigenvalue weighted by molar-refractivity contribution is -0.139. The third-order valence-electron chi connectivity index (χ3n) is 7.80. The highest BCUT2D eigenvalue weighted by atomic mass is 35.5. The van der Waals surface area contributed by atoms with Gasteiger partial charge in [0.25, 0.3) is 0 Å². The van der Waals surface area contributed by atoms with E-state index >= 15 is 0 Å². The molecular weight excluding hydrogens is 530 g/mol. The third-order valence-corrected chi connectivity index (χ3v) is 9.28. The zero-order valence-electron chi connectivity index (χ0n) is 23.3. The number of carbonyl (C=O) groups excluding carboxylic acids is 1. The van der Waals surface area contributed by atoms with Gasteiger partial charge in [0.2, 0.25) is 5.91 Å². The summed E-state index contributed by atoms with van der Waals surface area (Å²) in [5.41, 5.74) is 3.82. The number of halogens is 1. The minimum atomic E-state index is -1.57. The van der Waals surface area contributed by atoms with Gasteiger partial charge in [-0.3, -0.25) is 9.52 Å². The number of unbranched alkanes of at least 4 members (excludes halogenated alkanes) is 1. The normalized spacial score (nSPS) is 15.2. The van der Waals surface area contributed by atoms with Crippen molar-refractivity contribution in [3.8, 4) is 11.1 Å². The molecule has 0 spiro atoms. The van der Waals surface area contributed by atoms with Crippen molar-refractivity contribution in [1.82, 2.24) is 10.1 Å². The first-order chi connectivity index (χ1) is 18.6. The fourth-order valence-corrected chi connectivity index (χ4v) is 6.38. The van der Waals surface area contributed by atoms with Crippen LogP contribution in [-0.4, -0.2) is 20.2 Å². The average molecular weight is 568 g/mol. The van der Waals surface area contributed by atoms with Gasteiger partial charge in [0.05, 0.1) is 11.4 Å². The number of nitrogens with one attached hydrogen (secondary N) is 1. The topological polar surface area (TPSA) is 75.4 Å². The number of nitrogens with zero attached hydrogens (tertiary/aromatic N) is 2. The van der Waals surface area contributed by atoms with E-state index in [0.29, 0.717) is 28.0 Å². The Morgan fingerprint density at radius 3 is 2.56 bits per heavy atom. The smallest absolute Gasteiger partial charge is 0.232 e. The minimum absolute atomic E-state index is 0.145. The molecule has 1 atom stereocenters. The molecule has 3 aromatic rings. The van der Waals surface area contributed by atoms with Gasteiger partial charge < -0.3 is 9.42 Å². The van der Waals surface area contributed by atoms with E-state index in [-0.39, 0.29) is 11.3 Å². The molecular formula is C31H38ClN3O3S. The summed E-state index contributed by atoms with van der Waals surface area (Å²) in [4.78, 5) is 16.2. The van der Waals surface area contributed by atoms with Crippen LogP contribution in [0.3, 0.4) is 0 Å². The number of rotatable bonds is 11. The molecule has 0 bridgehead atoms. The predicted molar refractivity (Wildman–Crippen MR) is 159 cm³/mol. The molecule has 2 aromatic carbocycles. The minimum Gasteiger partial charge on any atom is -0.359 e. The van der Waals surface area contributed by atoms with Gasteiger partial charge in [-0.15, -0.1) is 0 Å². The molecule has 39 heavy (non-hydrogen) atoms. The van der Waals surface area contributed by atoms with Crippen LogP contribution in [0.4, 0.5) is 5.82 Å². The number of benzene rings is 2. The molecule has 4 rings (SSSR count). The van der Waals surface area contributed by atoms with E-state index in [1.165, 1.54) is 0 Å². The maximum absolute atomic E-state index is 13.7. The Bertz CT molecular complexity index is 1380. The number of anilines is 1. The Labute approximate surface area is 239 Å². The van der Waals surface area contributed by atoms with Crippen molar-refractivity contribution >= 4 is 34.3 Å². The van der Waals surface area contributed by atoms with Gasteiger partial charge in [-0.25, -0.2) is 4.21 Å². The molecule has 208 valence electrons. The van der Waals surface area contributed by atoms with Crippen molar-refractivity contribution < 1.29 is 13.5 Å². The van der Waals surface area contributed by atoms with Crippen molar-refractivity contribution in [2.75, 3.05) is 4.72 Å². The number of hydrogen-bond acceptors (Lipinski definition) is 4. The summed E-state index contributed by atoms with van der Waals surface area (Å²) >= 11 is 6.84. The van der Waals surface area contributed by atoms with E-state index in [9.17, 15) is 9.00 Å². The van der Waals surface area contributed by atoms with Gasteiger partial charge in [0, 0.05) is 21.7 Å². The zero-order chi connectivity index (χ0) is 28.2. The fourth-order valence-electron chi connectivity index (χ4n) is 5.07. The van der Waals surface area contributed by atoms with Gasteiger partial charge in [-0.05, 0) is 68.4 Å². The summed E-state index contributed by atoms with van der Waals surface area (Å²) in [6, 6.07) is 13.3. The summed E-state index contributed by atoms with van der Waals surface area (Å²) in [5.74, 6) is 1.28. The number of amides is 1. The highest BCUT2D eigenvalue weighted by Gasteiger charge is 2.39. The van der Waals surface area contributed by atoms with E-state index in [2.05, 4.69) is 30.3 Å². The second kappa shape index (κ2) is 12.5. The third kappa shape index (κ3) is 6.47. The number of allylic oxidation sites excluding steroid dienone is 1. The molecule has 0 radical (unpaired) electrons. The van der Waals surface area contributed by atoms with Gasteiger partial charge in [0.1, 0.15) is 5.76 Å². The monoisotopic (exact) mass is 567 g/mol. The number of aryl methyl sites for hydroxylation is 1. The van der Waals surface area contributed by atoms with Crippen LogP contribution in [0, 0.1) is 19.3 Å². The Balaban J connectivity index is 1.60. The van der Waals surface area contributed by atoms with Gasteiger partial charge in [-0.2, -0.15) is 0 Å². The van der Waals surface area contributed by atoms with Gasteiger partial charge in [-0.1, -0.05) is 86.8 Å². The van der Waals surface area contributed by atoms with E-state index in [4.69, 9.17) is 16.1 Å². The molecule has 1 unspecified atom stereocenters. The van der Waals surface area contributed by atoms with Gasteiger partial charge in [0.15, 0.2) is 16.8 Å². The zero-order valence-corrected chi connectivity index (χ0v) is 24.9. The molecule has 1 aromatic heterocycles. The average Bonchev–Trinajstić information content (AvgIpc) is 3.52. The molecule has 0 aliphatic heterocycles. The lowest BCUT2D eigenvalue weighted by Gasteiger charge is -2.33. The lowest BCUT2D eigenvalue weighted by Crippen LogP contribution is -2.40. The summed E-state index contributed by atoms with van der Waals surface area (Å²) in [6.45, 7) is 12.6. The number of hydrogen-bond donors (Lipinski definition) is 1. The molecule has 1 heterocycles. The lowest BCUT2D eigenvalue weighted by atomic mass is 9.86. The summed E-state index contributed by atoms with van der Waals surface area (Å²) in [7, 11) is -1.57. The van der Waals surface area contributed by atoms with Crippen LogP contribution in [-0.2, 0) is 22.3 Å². The van der Waals surface area contributed by atoms with E-state index in [1.807, 2.05) is 61.2 Å². The molecule has 0 saturated heterocycles. The quantitative estimate of drug-likeness (QED) is 0.252. The molecule has 1 amide bonds. The maximum Gasteiger partial charge on any atom is 0.232 e. The Hall–Kier alpha value is -2.90. The number of aromatic nitrogens is 1. The number of carbonyl (C=O) groups is 1. The van der Waals surface area contributed by atoms with Crippen LogP contribution in [0.5, 0.6) is 0 Å². The van der Waals surface area contributed by atoms with Crippen molar-refractivity contribution in [2.45, 2.75) is 84.1 Å². The van der Waals surface area contributed by atoms with Crippen LogP contribution in [0.25, 0.3) is 11.1 Å². The SMILES string of the molecule is C=C(CCCC)N(Cc1ccc(-c2ccccc2S(=O)Nc2noc(C)c2C)cc1Cl)C(=O)C1(C)CCCC1. The van der Waals surface area contributed by atoms with E-state index in [0.717, 1.165) is 72.9 Å². The highest BCUT2D eigenvalue weighted by Crippen LogP contribution is 2.41. The van der Waals surface area contributed by atoms with E-state index in [1.54, 1.807) is 0 Å². The molecule has 8 heteroatoms. The van der Waals surface area contributed by atoms with Crippen molar-refractivity contribution in [1.29, 1.82) is 0 Å². The second-order valence-corrected chi connectivity index (χ2v) is 12.3. The Kier molecular flexibility index (Phi) is 9.34. The fraction of sp³-hybridized carbons (Fsp3) is 0.419. The largest absolute Gasteiger partial charge is 0.359 e. The summed E-state index contributed by atoms with van der Waals surface area (Å²) in [6.07, 6.45) is 6.79. The van der Waals surface area contributed by atoms with Crippen LogP contribution in [0.2, 0.25) is 5.02 Å². The highest BCUT2D eigenvalue weighted by molar-refractivity contribution is 7.86. The van der Waals surface area contributed by atoms with Gasteiger partial charge >= 0.3 is 0 Å². The Morgan fingerprint density at radius 2 is 1.92 bits per heavy atom. The predicted octanol–water partition coefficient (Wildman–Crippen LogP) is 8.36. The van der Waals surface area contributed by atoms with Crippen molar-refractivity contribution in [3.05, 3.63) is 76.7 Å². The first-order valence-electron chi connectivity index (χ1n) is 13.6. The van der Waals surface area contributed by atoms with Crippen molar-refractivity contribution in [2.24, 2.45) is 5.41 Å². The molecule has 1 N–H and O–H groups in total. The van der Waals surface area contributed by atoms with Crippen LogP contribution in [0.1, 0.15) is 75.7 Å². The molecule has 6 nitrogen and oxygen atoms in total. The Morgan fingerprint density at radius 1 is 1.21 bits per heavy atom. The van der Waals surface area contributed by atoms with Crippen molar-refractivity contribution in [3.63, 3.8) is 0 Å². The summed E-state index contributed by atoms with van der Waals surface area (Å²) < 4.78 is 21.5. The molecule has 1 aliphatic carbocycles. The maximum atomic E-state index is 13.7. The van der Waals surface area contributed by atoms with Crippen LogP contribution in [0.15, 0.2) is 64.2 Å². The van der Waals surface area contributed by atoms with Crippen LogP contribution >= 0.6 is 11.6 Å². The summed E-state index contributed by atoms with van der Waals surface area (Å²) in [5, 5.41) is 4.53.